The summed E-state index contributed by atoms with van der Waals surface area (Å²) in [5.41, 5.74) is 1.71. The maximum Gasteiger partial charge on any atom is 0.224 e. The summed E-state index contributed by atoms with van der Waals surface area (Å²) in [6, 6.07) is 10.5. The fraction of sp³-hybridized carbons (Fsp3) is 0.650. The van der Waals surface area contributed by atoms with Gasteiger partial charge in [0.1, 0.15) is 0 Å². The van der Waals surface area contributed by atoms with Gasteiger partial charge in [0.15, 0.2) is 0 Å². The molecule has 0 aromatic heterocycles. The molecule has 1 saturated carbocycles. The third-order valence-electron chi connectivity index (χ3n) is 5.44. The maximum atomic E-state index is 12.8. The minimum absolute atomic E-state index is 0.114. The fourth-order valence-corrected chi connectivity index (χ4v) is 4.02. The van der Waals surface area contributed by atoms with Crippen molar-refractivity contribution in [3.05, 3.63) is 35.9 Å². The summed E-state index contributed by atoms with van der Waals surface area (Å²) in [4.78, 5) is 12.8. The monoisotopic (exact) mass is 314 g/mol. The summed E-state index contributed by atoms with van der Waals surface area (Å²) in [6.07, 6.45) is 4.35. The Bertz CT molecular complexity index is 541. The van der Waals surface area contributed by atoms with Crippen LogP contribution in [0.1, 0.15) is 58.1 Å². The van der Waals surface area contributed by atoms with Crippen molar-refractivity contribution >= 4 is 5.91 Å². The van der Waals surface area contributed by atoms with Crippen LogP contribution >= 0.6 is 0 Å². The molecule has 1 aromatic rings. The average molecular weight is 314 g/mol. The molecule has 1 saturated heterocycles. The van der Waals surface area contributed by atoms with Gasteiger partial charge in [-0.2, -0.15) is 0 Å². The summed E-state index contributed by atoms with van der Waals surface area (Å²) in [5, 5.41) is 6.77. The number of benzene rings is 1. The lowest BCUT2D eigenvalue weighted by molar-refractivity contribution is -0.124. The number of hydrogen-bond acceptors (Lipinski definition) is 2. The minimum atomic E-state index is 0.114. The van der Waals surface area contributed by atoms with E-state index in [-0.39, 0.29) is 23.3 Å². The molecule has 0 radical (unpaired) electrons. The smallest absolute Gasteiger partial charge is 0.224 e. The molecule has 2 unspecified atom stereocenters. The largest absolute Gasteiger partial charge is 0.349 e. The van der Waals surface area contributed by atoms with Crippen LogP contribution in [-0.2, 0) is 4.79 Å². The molecule has 3 rings (SSSR count). The molecule has 2 N–H and O–H groups in total. The van der Waals surface area contributed by atoms with Crippen LogP contribution in [0.4, 0.5) is 0 Å². The maximum absolute atomic E-state index is 12.8. The van der Waals surface area contributed by atoms with Crippen molar-refractivity contribution < 1.29 is 4.79 Å². The Balaban J connectivity index is 1.68. The highest BCUT2D eigenvalue weighted by Gasteiger charge is 2.57. The van der Waals surface area contributed by atoms with Gasteiger partial charge in [0.25, 0.3) is 0 Å². The van der Waals surface area contributed by atoms with E-state index in [0.29, 0.717) is 5.41 Å². The highest BCUT2D eigenvalue weighted by atomic mass is 16.2. The van der Waals surface area contributed by atoms with Gasteiger partial charge >= 0.3 is 0 Å². The van der Waals surface area contributed by atoms with E-state index in [2.05, 4.69) is 55.7 Å². The standard InChI is InChI=1S/C20H30N2O/c1-19(2,3)14-17(15-7-5-4-6-8-15)22-18(23)16-13-20(16)9-11-21-12-10-20/h4-8,16-17,21H,9-14H2,1-3H3,(H,22,23). The molecule has 3 heteroatoms. The Morgan fingerprint density at radius 2 is 1.91 bits per heavy atom. The number of nitrogens with one attached hydrogen (secondary N) is 2. The number of piperidine rings is 1. The minimum Gasteiger partial charge on any atom is -0.349 e. The quantitative estimate of drug-likeness (QED) is 0.890. The van der Waals surface area contributed by atoms with Crippen molar-refractivity contribution in [3.8, 4) is 0 Å². The molecule has 1 heterocycles. The fourth-order valence-electron chi connectivity index (χ4n) is 4.02. The Labute approximate surface area is 140 Å². The third kappa shape index (κ3) is 3.95. The topological polar surface area (TPSA) is 41.1 Å². The van der Waals surface area contributed by atoms with Crippen molar-refractivity contribution in [1.29, 1.82) is 0 Å². The second kappa shape index (κ2) is 6.27. The Kier molecular flexibility index (Phi) is 4.50. The van der Waals surface area contributed by atoms with Crippen LogP contribution in [0.5, 0.6) is 0 Å². The number of amides is 1. The summed E-state index contributed by atoms with van der Waals surface area (Å²) in [5.74, 6) is 0.501. The molecule has 1 amide bonds. The molecule has 2 aliphatic rings. The van der Waals surface area contributed by atoms with E-state index < -0.39 is 0 Å². The van der Waals surface area contributed by atoms with Gasteiger partial charge in [-0.15, -0.1) is 0 Å². The van der Waals surface area contributed by atoms with Crippen LogP contribution in [0.2, 0.25) is 0 Å². The molecule has 23 heavy (non-hydrogen) atoms. The van der Waals surface area contributed by atoms with Gasteiger partial charge in [-0.1, -0.05) is 51.1 Å². The first kappa shape index (κ1) is 16.5. The van der Waals surface area contributed by atoms with Crippen LogP contribution in [-0.4, -0.2) is 19.0 Å². The zero-order valence-corrected chi connectivity index (χ0v) is 14.7. The van der Waals surface area contributed by atoms with Gasteiger partial charge < -0.3 is 10.6 Å². The van der Waals surface area contributed by atoms with Gasteiger partial charge in [0.2, 0.25) is 5.91 Å². The molecule has 2 atom stereocenters. The molecular weight excluding hydrogens is 284 g/mol. The van der Waals surface area contributed by atoms with E-state index in [1.54, 1.807) is 0 Å². The number of hydrogen-bond donors (Lipinski definition) is 2. The number of carbonyl (C=O) groups is 1. The van der Waals surface area contributed by atoms with E-state index in [1.807, 2.05) is 6.07 Å². The van der Waals surface area contributed by atoms with E-state index in [0.717, 1.165) is 38.8 Å². The second-order valence-corrected chi connectivity index (χ2v) is 8.61. The van der Waals surface area contributed by atoms with Crippen LogP contribution in [0.3, 0.4) is 0 Å². The number of rotatable bonds is 4. The first-order chi connectivity index (χ1) is 10.9. The van der Waals surface area contributed by atoms with E-state index >= 15 is 0 Å². The van der Waals surface area contributed by atoms with Gasteiger partial charge in [0, 0.05) is 5.92 Å². The average Bonchev–Trinajstić information content (AvgIpc) is 3.20. The zero-order valence-electron chi connectivity index (χ0n) is 14.7. The van der Waals surface area contributed by atoms with Crippen molar-refractivity contribution in [2.75, 3.05) is 13.1 Å². The van der Waals surface area contributed by atoms with Gasteiger partial charge in [-0.05, 0) is 55.2 Å². The molecule has 1 aliphatic carbocycles. The summed E-state index contributed by atoms with van der Waals surface area (Å²) >= 11 is 0. The van der Waals surface area contributed by atoms with Crippen molar-refractivity contribution in [1.82, 2.24) is 10.6 Å². The number of carbonyl (C=O) groups excluding carboxylic acids is 1. The lowest BCUT2D eigenvalue weighted by atomic mass is 9.85. The lowest BCUT2D eigenvalue weighted by Gasteiger charge is -2.28. The van der Waals surface area contributed by atoms with Gasteiger partial charge in [-0.3, -0.25) is 4.79 Å². The highest BCUT2D eigenvalue weighted by Crippen LogP contribution is 2.58. The molecule has 3 nitrogen and oxygen atoms in total. The van der Waals surface area contributed by atoms with Crippen LogP contribution in [0.25, 0.3) is 0 Å². The Morgan fingerprint density at radius 1 is 1.26 bits per heavy atom. The van der Waals surface area contributed by atoms with E-state index in [4.69, 9.17) is 0 Å². The second-order valence-electron chi connectivity index (χ2n) is 8.61. The highest BCUT2D eigenvalue weighted by molar-refractivity contribution is 5.83. The van der Waals surface area contributed by atoms with E-state index in [1.165, 1.54) is 5.56 Å². The molecule has 1 aromatic carbocycles. The molecule has 0 bridgehead atoms. The molecule has 126 valence electrons. The lowest BCUT2D eigenvalue weighted by Crippen LogP contribution is -2.36. The predicted octanol–water partition coefficient (Wildman–Crippen LogP) is 3.67. The Morgan fingerprint density at radius 3 is 2.52 bits per heavy atom. The summed E-state index contributed by atoms with van der Waals surface area (Å²) < 4.78 is 0. The summed E-state index contributed by atoms with van der Waals surface area (Å²) in [7, 11) is 0. The first-order valence-corrected chi connectivity index (χ1v) is 8.96. The van der Waals surface area contributed by atoms with Crippen molar-refractivity contribution in [2.45, 2.75) is 52.5 Å². The zero-order chi connectivity index (χ0) is 16.5. The van der Waals surface area contributed by atoms with Gasteiger partial charge in [0.05, 0.1) is 6.04 Å². The first-order valence-electron chi connectivity index (χ1n) is 8.96. The van der Waals surface area contributed by atoms with Crippen molar-refractivity contribution in [2.24, 2.45) is 16.7 Å². The van der Waals surface area contributed by atoms with E-state index in [9.17, 15) is 4.79 Å². The molecule has 1 aliphatic heterocycles. The van der Waals surface area contributed by atoms with Crippen LogP contribution in [0.15, 0.2) is 30.3 Å². The van der Waals surface area contributed by atoms with Crippen molar-refractivity contribution in [3.63, 3.8) is 0 Å². The molecule has 1 spiro atoms. The molecule has 2 fully saturated rings. The molecular formula is C20H30N2O. The third-order valence-corrected chi connectivity index (χ3v) is 5.44. The van der Waals surface area contributed by atoms with Crippen LogP contribution < -0.4 is 10.6 Å². The SMILES string of the molecule is CC(C)(C)CC(NC(=O)C1CC12CCNCC2)c1ccccc1. The van der Waals surface area contributed by atoms with Crippen LogP contribution in [0, 0.1) is 16.7 Å². The summed E-state index contributed by atoms with van der Waals surface area (Å²) in [6.45, 7) is 8.84. The predicted molar refractivity (Wildman–Crippen MR) is 94.0 cm³/mol. The van der Waals surface area contributed by atoms with Gasteiger partial charge in [-0.25, -0.2) is 0 Å². The Hall–Kier alpha value is -1.35. The normalized spacial score (nSPS) is 24.2.